The van der Waals surface area contributed by atoms with Crippen LogP contribution in [0.5, 0.6) is 0 Å². The van der Waals surface area contributed by atoms with Gasteiger partial charge in [-0.1, -0.05) is 36.4 Å². The smallest absolute Gasteiger partial charge is 0.292 e. The first-order valence-electron chi connectivity index (χ1n) is 11.1. The van der Waals surface area contributed by atoms with Crippen LogP contribution in [0.1, 0.15) is 32.9 Å². The summed E-state index contributed by atoms with van der Waals surface area (Å²) in [6.07, 6.45) is 0. The average Bonchev–Trinajstić information content (AvgIpc) is 3.30. The van der Waals surface area contributed by atoms with Crippen LogP contribution in [0.15, 0.2) is 58.1 Å². The number of aryl methyl sites for hydroxylation is 4. The lowest BCUT2D eigenvalue weighted by molar-refractivity contribution is 0.0969. The summed E-state index contributed by atoms with van der Waals surface area (Å²) in [7, 11) is 1.57. The molecule has 0 aliphatic rings. The number of Topliss-reactive ketones (excluding diaryl/α,β-unsaturated/α-hetero) is 1. The first kappa shape index (κ1) is 21.6. The highest BCUT2D eigenvalue weighted by Crippen LogP contribution is 2.25. The Bertz CT molecular complexity index is 1710. The van der Waals surface area contributed by atoms with Gasteiger partial charge < -0.3 is 0 Å². The van der Waals surface area contributed by atoms with Crippen molar-refractivity contribution in [1.82, 2.24) is 23.1 Å². The number of nitrogens with zero attached hydrogens (tertiary/aromatic N) is 5. The second kappa shape index (κ2) is 7.69. The number of hydrogen-bond acceptors (Lipinski definition) is 4. The van der Waals surface area contributed by atoms with Gasteiger partial charge in [0.15, 0.2) is 16.9 Å². The van der Waals surface area contributed by atoms with E-state index in [0.717, 1.165) is 32.8 Å². The third kappa shape index (κ3) is 3.14. The van der Waals surface area contributed by atoms with E-state index in [0.29, 0.717) is 11.3 Å². The average molecular weight is 456 g/mol. The number of hydrogen-bond donors (Lipinski definition) is 0. The minimum absolute atomic E-state index is 0.279. The van der Waals surface area contributed by atoms with Crippen molar-refractivity contribution in [1.29, 1.82) is 0 Å². The van der Waals surface area contributed by atoms with Crippen LogP contribution in [0.3, 0.4) is 0 Å². The van der Waals surface area contributed by atoms with Gasteiger partial charge in [0.05, 0.1) is 6.54 Å². The van der Waals surface area contributed by atoms with Crippen molar-refractivity contribution in [3.63, 3.8) is 0 Å². The van der Waals surface area contributed by atoms with Gasteiger partial charge in [-0.15, -0.1) is 0 Å². The van der Waals surface area contributed by atoms with E-state index in [4.69, 9.17) is 4.98 Å². The molecule has 8 nitrogen and oxygen atoms in total. The van der Waals surface area contributed by atoms with Crippen LogP contribution < -0.4 is 11.2 Å². The van der Waals surface area contributed by atoms with E-state index in [-0.39, 0.29) is 23.5 Å². The first-order chi connectivity index (χ1) is 16.2. The first-order valence-corrected chi connectivity index (χ1v) is 11.1. The number of fused-ring (bicyclic) bond motifs is 3. The Morgan fingerprint density at radius 3 is 2.21 bits per heavy atom. The zero-order valence-electron chi connectivity index (χ0n) is 19.8. The molecule has 0 atom stereocenters. The maximum atomic E-state index is 13.6. The van der Waals surface area contributed by atoms with E-state index in [1.54, 1.807) is 35.7 Å². The summed E-state index contributed by atoms with van der Waals surface area (Å²) in [5.74, 6) is 0.245. The SMILES string of the molecule is Cc1cc(C)cc(-n2c(C)c(C)n3c4c(=O)n(CC(=O)c5ccccc5)c(=O)n(C)c4nc23)c1. The fourth-order valence-electron chi connectivity index (χ4n) is 4.64. The van der Waals surface area contributed by atoms with Crippen molar-refractivity contribution in [2.75, 3.05) is 0 Å². The highest BCUT2D eigenvalue weighted by Gasteiger charge is 2.24. The molecule has 0 aliphatic carbocycles. The summed E-state index contributed by atoms with van der Waals surface area (Å²) in [6.45, 7) is 7.63. The number of carbonyl (C=O) groups is 1. The zero-order chi connectivity index (χ0) is 24.3. The molecule has 0 aliphatic heterocycles. The molecule has 0 unspecified atom stereocenters. The van der Waals surface area contributed by atoms with E-state index >= 15 is 0 Å². The van der Waals surface area contributed by atoms with Crippen molar-refractivity contribution in [2.45, 2.75) is 34.2 Å². The van der Waals surface area contributed by atoms with Gasteiger partial charge in [0.2, 0.25) is 5.78 Å². The van der Waals surface area contributed by atoms with Gasteiger partial charge in [0.25, 0.3) is 5.56 Å². The third-order valence-electron chi connectivity index (χ3n) is 6.38. The number of aromatic nitrogens is 5. The Balaban J connectivity index is 1.80. The summed E-state index contributed by atoms with van der Waals surface area (Å²) in [6, 6.07) is 14.9. The lowest BCUT2D eigenvalue weighted by atomic mass is 10.1. The van der Waals surface area contributed by atoms with Crippen LogP contribution in [0, 0.1) is 27.7 Å². The third-order valence-corrected chi connectivity index (χ3v) is 6.38. The molecule has 34 heavy (non-hydrogen) atoms. The number of carbonyl (C=O) groups excluding carboxylic acids is 1. The van der Waals surface area contributed by atoms with E-state index in [1.165, 1.54) is 4.57 Å². The highest BCUT2D eigenvalue weighted by molar-refractivity contribution is 5.96. The molecule has 0 fully saturated rings. The molecule has 5 aromatic rings. The molecular formula is C26H25N5O3. The molecule has 0 radical (unpaired) electrons. The van der Waals surface area contributed by atoms with E-state index in [1.807, 2.05) is 38.3 Å². The van der Waals surface area contributed by atoms with Crippen molar-refractivity contribution in [2.24, 2.45) is 7.05 Å². The van der Waals surface area contributed by atoms with Crippen LogP contribution >= 0.6 is 0 Å². The molecule has 8 heteroatoms. The maximum Gasteiger partial charge on any atom is 0.332 e. The molecule has 0 amide bonds. The van der Waals surface area contributed by atoms with Gasteiger partial charge in [-0.2, -0.15) is 4.98 Å². The monoisotopic (exact) mass is 455 g/mol. The van der Waals surface area contributed by atoms with Crippen LogP contribution in [0.25, 0.3) is 22.6 Å². The van der Waals surface area contributed by atoms with Gasteiger partial charge in [-0.3, -0.25) is 27.7 Å². The fourth-order valence-corrected chi connectivity index (χ4v) is 4.64. The van der Waals surface area contributed by atoms with E-state index in [9.17, 15) is 14.4 Å². The van der Waals surface area contributed by atoms with Gasteiger partial charge in [0, 0.05) is 29.7 Å². The number of rotatable bonds is 4. The number of benzene rings is 2. The molecule has 0 N–H and O–H groups in total. The summed E-state index contributed by atoms with van der Waals surface area (Å²) in [5.41, 5.74) is 4.86. The number of imidazole rings is 2. The van der Waals surface area contributed by atoms with Crippen LogP contribution in [-0.2, 0) is 13.6 Å². The lowest BCUT2D eigenvalue weighted by Gasteiger charge is -2.09. The van der Waals surface area contributed by atoms with Gasteiger partial charge in [-0.05, 0) is 51.0 Å². The highest BCUT2D eigenvalue weighted by atomic mass is 16.2. The minimum Gasteiger partial charge on any atom is -0.292 e. The predicted molar refractivity (Wildman–Crippen MR) is 131 cm³/mol. The van der Waals surface area contributed by atoms with Crippen LogP contribution in [0.4, 0.5) is 0 Å². The predicted octanol–water partition coefficient (Wildman–Crippen LogP) is 3.26. The summed E-state index contributed by atoms with van der Waals surface area (Å²) >= 11 is 0. The Morgan fingerprint density at radius 2 is 1.56 bits per heavy atom. The maximum absolute atomic E-state index is 13.6. The molecule has 5 rings (SSSR count). The molecule has 172 valence electrons. The fraction of sp³-hybridized carbons (Fsp3) is 0.231. The van der Waals surface area contributed by atoms with Gasteiger partial charge >= 0.3 is 5.69 Å². The van der Waals surface area contributed by atoms with Crippen molar-refractivity contribution in [3.05, 3.63) is 97.4 Å². The Morgan fingerprint density at radius 1 is 0.912 bits per heavy atom. The zero-order valence-corrected chi connectivity index (χ0v) is 19.8. The van der Waals surface area contributed by atoms with Crippen molar-refractivity contribution in [3.8, 4) is 5.69 Å². The number of ketones is 1. The van der Waals surface area contributed by atoms with E-state index < -0.39 is 11.2 Å². The Kier molecular flexibility index (Phi) is 4.89. The normalized spacial score (nSPS) is 11.6. The second-order valence-corrected chi connectivity index (χ2v) is 8.79. The van der Waals surface area contributed by atoms with Crippen molar-refractivity contribution < 1.29 is 4.79 Å². The van der Waals surface area contributed by atoms with Gasteiger partial charge in [-0.25, -0.2) is 4.79 Å². The van der Waals surface area contributed by atoms with Crippen LogP contribution in [0.2, 0.25) is 0 Å². The minimum atomic E-state index is -0.574. The van der Waals surface area contributed by atoms with Gasteiger partial charge in [0.1, 0.15) is 0 Å². The van der Waals surface area contributed by atoms with Crippen LogP contribution in [-0.4, -0.2) is 28.9 Å². The molecule has 3 aromatic heterocycles. The quantitative estimate of drug-likeness (QED) is 0.390. The molecule has 3 heterocycles. The Hall–Kier alpha value is -4.20. The molecule has 0 spiro atoms. The van der Waals surface area contributed by atoms with Crippen molar-refractivity contribution >= 4 is 22.7 Å². The Labute approximate surface area is 195 Å². The molecular weight excluding hydrogens is 430 g/mol. The summed E-state index contributed by atoms with van der Waals surface area (Å²) in [4.78, 5) is 44.2. The molecule has 0 saturated heterocycles. The molecule has 2 aromatic carbocycles. The standard InChI is InChI=1S/C26H25N5O3/c1-15-11-16(2)13-20(12-15)30-17(3)18(4)31-22-23(27-25(30)31)28(5)26(34)29(24(22)33)14-21(32)19-9-7-6-8-10-19/h6-13H,14H2,1-5H3. The molecule has 0 saturated carbocycles. The second-order valence-electron chi connectivity index (χ2n) is 8.79. The lowest BCUT2D eigenvalue weighted by Crippen LogP contribution is -2.41. The topological polar surface area (TPSA) is 83.3 Å². The van der Waals surface area contributed by atoms with E-state index in [2.05, 4.69) is 18.2 Å². The molecule has 0 bridgehead atoms. The summed E-state index contributed by atoms with van der Waals surface area (Å²) in [5, 5.41) is 0. The largest absolute Gasteiger partial charge is 0.332 e. The summed E-state index contributed by atoms with van der Waals surface area (Å²) < 4.78 is 6.11.